The second-order valence-electron chi connectivity index (χ2n) is 14.4. The van der Waals surface area contributed by atoms with Crippen LogP contribution in [0, 0.1) is 0 Å². The third-order valence-corrected chi connectivity index (χ3v) is 10.9. The molecule has 0 aliphatic rings. The minimum absolute atomic E-state index is 0.623. The van der Waals surface area contributed by atoms with Gasteiger partial charge in [-0.2, -0.15) is 0 Å². The van der Waals surface area contributed by atoms with E-state index in [1.54, 1.807) is 0 Å². The maximum absolute atomic E-state index is 6.87. The Balaban J connectivity index is 1.03. The molecule has 0 saturated heterocycles. The van der Waals surface area contributed by atoms with E-state index < -0.39 is 0 Å². The summed E-state index contributed by atoms with van der Waals surface area (Å²) in [5, 5.41) is 6.83. The molecular formula is C53H33N3O. The van der Waals surface area contributed by atoms with E-state index in [9.17, 15) is 0 Å². The van der Waals surface area contributed by atoms with E-state index in [0.717, 1.165) is 77.2 Å². The molecule has 2 aromatic heterocycles. The molecule has 0 spiro atoms. The van der Waals surface area contributed by atoms with E-state index in [2.05, 4.69) is 164 Å². The highest BCUT2D eigenvalue weighted by Crippen LogP contribution is 2.43. The van der Waals surface area contributed by atoms with Gasteiger partial charge < -0.3 is 4.42 Å². The summed E-state index contributed by atoms with van der Waals surface area (Å²) in [5.41, 5.74) is 11.3. The molecule has 0 aliphatic heterocycles. The van der Waals surface area contributed by atoms with E-state index >= 15 is 0 Å². The standard InChI is InChI=1S/C53H33N3O/c1-3-14-34(15-4-1)39-20-11-21-40(32-39)53-55-51(37-17-5-2-6-18-37)54-52(56-53)38-30-28-36(29-31-38)47-33-48-46-27-13-26-45(42-25-12-19-35-16-7-8-22-41(35)42)49(46)57-50(48)44-24-10-9-23-43(44)47/h1-33H. The number of hydrogen-bond donors (Lipinski definition) is 0. The lowest BCUT2D eigenvalue weighted by atomic mass is 9.93. The molecule has 0 unspecified atom stereocenters. The van der Waals surface area contributed by atoms with Gasteiger partial charge in [0, 0.05) is 38.4 Å². The zero-order valence-corrected chi connectivity index (χ0v) is 30.8. The predicted octanol–water partition coefficient (Wildman–Crippen LogP) is 14.1. The van der Waals surface area contributed by atoms with Crippen molar-refractivity contribution in [2.75, 3.05) is 0 Å². The molecule has 0 atom stereocenters. The topological polar surface area (TPSA) is 51.8 Å². The van der Waals surface area contributed by atoms with Crippen LogP contribution in [-0.4, -0.2) is 15.0 Å². The molecule has 0 N–H and O–H groups in total. The Labute approximate surface area is 329 Å². The zero-order valence-electron chi connectivity index (χ0n) is 30.8. The van der Waals surface area contributed by atoms with Gasteiger partial charge in [0.1, 0.15) is 11.2 Å². The van der Waals surface area contributed by atoms with Crippen LogP contribution in [0.5, 0.6) is 0 Å². The number of benzene rings is 9. The summed E-state index contributed by atoms with van der Waals surface area (Å²) >= 11 is 0. The number of rotatable bonds is 6. The largest absolute Gasteiger partial charge is 0.455 e. The summed E-state index contributed by atoms with van der Waals surface area (Å²) in [4.78, 5) is 15.1. The van der Waals surface area contributed by atoms with Crippen molar-refractivity contribution < 1.29 is 4.42 Å². The SMILES string of the molecule is c1ccc(-c2cccc(-c3nc(-c4ccccc4)nc(-c4ccc(-c5cc6c7cccc(-c8cccc9ccccc89)c7oc6c6ccccc56)cc4)n3)c2)cc1. The summed E-state index contributed by atoms with van der Waals surface area (Å²) in [5.74, 6) is 1.89. The van der Waals surface area contributed by atoms with Crippen LogP contribution in [0.25, 0.3) is 111 Å². The van der Waals surface area contributed by atoms with Gasteiger partial charge in [0.2, 0.25) is 0 Å². The Morgan fingerprint density at radius 2 is 0.754 bits per heavy atom. The van der Waals surface area contributed by atoms with Crippen molar-refractivity contribution in [1.82, 2.24) is 15.0 Å². The molecule has 0 amide bonds. The second kappa shape index (κ2) is 13.6. The summed E-state index contributed by atoms with van der Waals surface area (Å²) in [6, 6.07) is 69.8. The number of para-hydroxylation sites is 1. The lowest BCUT2D eigenvalue weighted by Gasteiger charge is -2.11. The first-order valence-corrected chi connectivity index (χ1v) is 19.2. The summed E-state index contributed by atoms with van der Waals surface area (Å²) < 4.78 is 6.87. The van der Waals surface area contributed by atoms with Crippen molar-refractivity contribution in [3.8, 4) is 67.5 Å². The van der Waals surface area contributed by atoms with Crippen LogP contribution in [-0.2, 0) is 0 Å². The summed E-state index contributed by atoms with van der Waals surface area (Å²) in [6.45, 7) is 0. The first-order valence-electron chi connectivity index (χ1n) is 19.2. The summed E-state index contributed by atoms with van der Waals surface area (Å²) in [6.07, 6.45) is 0. The average molecular weight is 728 g/mol. The number of aromatic nitrogens is 3. The van der Waals surface area contributed by atoms with Gasteiger partial charge >= 0.3 is 0 Å². The van der Waals surface area contributed by atoms with Crippen LogP contribution in [0.2, 0.25) is 0 Å². The Kier molecular flexibility index (Phi) is 7.78. The highest BCUT2D eigenvalue weighted by Gasteiger charge is 2.19. The summed E-state index contributed by atoms with van der Waals surface area (Å²) in [7, 11) is 0. The fourth-order valence-corrected chi connectivity index (χ4v) is 8.15. The Morgan fingerprint density at radius 1 is 0.263 bits per heavy atom. The molecule has 4 heteroatoms. The molecule has 2 heterocycles. The quantitative estimate of drug-likeness (QED) is 0.171. The molecule has 0 saturated carbocycles. The van der Waals surface area contributed by atoms with Gasteiger partial charge in [0.05, 0.1) is 0 Å². The van der Waals surface area contributed by atoms with Crippen LogP contribution in [0.3, 0.4) is 0 Å². The number of furan rings is 1. The third kappa shape index (κ3) is 5.74. The molecule has 4 nitrogen and oxygen atoms in total. The Hall–Kier alpha value is -7.69. The molecule has 57 heavy (non-hydrogen) atoms. The minimum Gasteiger partial charge on any atom is -0.455 e. The number of fused-ring (bicyclic) bond motifs is 6. The normalized spacial score (nSPS) is 11.5. The van der Waals surface area contributed by atoms with Gasteiger partial charge in [-0.3, -0.25) is 0 Å². The molecule has 0 fully saturated rings. The van der Waals surface area contributed by atoms with Crippen LogP contribution in [0.15, 0.2) is 205 Å². The van der Waals surface area contributed by atoms with Crippen molar-refractivity contribution in [1.29, 1.82) is 0 Å². The van der Waals surface area contributed by atoms with Crippen LogP contribution in [0.1, 0.15) is 0 Å². The molecule has 11 rings (SSSR count). The average Bonchev–Trinajstić information content (AvgIpc) is 3.68. The fourth-order valence-electron chi connectivity index (χ4n) is 8.15. The van der Waals surface area contributed by atoms with Crippen molar-refractivity contribution >= 4 is 43.5 Å². The highest BCUT2D eigenvalue weighted by molar-refractivity contribution is 6.21. The van der Waals surface area contributed by atoms with Crippen molar-refractivity contribution in [3.63, 3.8) is 0 Å². The smallest absolute Gasteiger partial charge is 0.164 e. The second-order valence-corrected chi connectivity index (χ2v) is 14.4. The van der Waals surface area contributed by atoms with E-state index in [4.69, 9.17) is 19.4 Å². The maximum Gasteiger partial charge on any atom is 0.164 e. The van der Waals surface area contributed by atoms with E-state index in [0.29, 0.717) is 17.5 Å². The van der Waals surface area contributed by atoms with Crippen LogP contribution >= 0.6 is 0 Å². The van der Waals surface area contributed by atoms with E-state index in [-0.39, 0.29) is 0 Å². The van der Waals surface area contributed by atoms with Gasteiger partial charge in [-0.1, -0.05) is 188 Å². The molecule has 0 bridgehead atoms. The highest BCUT2D eigenvalue weighted by atomic mass is 16.3. The molecule has 266 valence electrons. The maximum atomic E-state index is 6.87. The molecular weight excluding hydrogens is 695 g/mol. The van der Waals surface area contributed by atoms with Gasteiger partial charge in [-0.05, 0) is 56.1 Å². The molecule has 11 aromatic rings. The van der Waals surface area contributed by atoms with Gasteiger partial charge in [0.15, 0.2) is 17.5 Å². The number of nitrogens with zero attached hydrogens (tertiary/aromatic N) is 3. The molecule has 9 aromatic carbocycles. The Morgan fingerprint density at radius 3 is 1.53 bits per heavy atom. The molecule has 0 aliphatic carbocycles. The van der Waals surface area contributed by atoms with Crippen molar-refractivity contribution in [2.45, 2.75) is 0 Å². The lowest BCUT2D eigenvalue weighted by Crippen LogP contribution is -2.00. The van der Waals surface area contributed by atoms with Crippen LogP contribution < -0.4 is 0 Å². The fraction of sp³-hybridized carbons (Fsp3) is 0. The molecule has 0 radical (unpaired) electrons. The van der Waals surface area contributed by atoms with Crippen molar-refractivity contribution in [2.24, 2.45) is 0 Å². The number of hydrogen-bond acceptors (Lipinski definition) is 4. The van der Waals surface area contributed by atoms with E-state index in [1.165, 1.54) is 16.3 Å². The first-order chi connectivity index (χ1) is 28.2. The monoisotopic (exact) mass is 727 g/mol. The van der Waals surface area contributed by atoms with Crippen molar-refractivity contribution in [3.05, 3.63) is 200 Å². The van der Waals surface area contributed by atoms with Gasteiger partial charge in [-0.25, -0.2) is 15.0 Å². The third-order valence-electron chi connectivity index (χ3n) is 10.9. The van der Waals surface area contributed by atoms with Crippen LogP contribution in [0.4, 0.5) is 0 Å². The Bertz CT molecular complexity index is 3270. The lowest BCUT2D eigenvalue weighted by molar-refractivity contribution is 0.674. The zero-order chi connectivity index (χ0) is 37.7. The minimum atomic E-state index is 0.623. The van der Waals surface area contributed by atoms with Gasteiger partial charge in [0.25, 0.3) is 0 Å². The van der Waals surface area contributed by atoms with E-state index in [1.807, 2.05) is 36.4 Å². The van der Waals surface area contributed by atoms with Gasteiger partial charge in [-0.15, -0.1) is 0 Å². The predicted molar refractivity (Wildman–Crippen MR) is 235 cm³/mol. The first kappa shape index (κ1) is 32.7.